The molecule has 0 spiro atoms. The van der Waals surface area contributed by atoms with Crippen LogP contribution in [-0.4, -0.2) is 0 Å². The van der Waals surface area contributed by atoms with Crippen LogP contribution in [0.25, 0.3) is 0 Å². The average molecular weight is 330 g/mol. The third-order valence-electron chi connectivity index (χ3n) is 3.18. The molecule has 0 aliphatic heterocycles. The van der Waals surface area contributed by atoms with Crippen LogP contribution >= 0.6 is 22.6 Å². The van der Waals surface area contributed by atoms with Gasteiger partial charge in [0.25, 0.3) is 0 Å². The van der Waals surface area contributed by atoms with E-state index in [9.17, 15) is 0 Å². The highest BCUT2D eigenvalue weighted by molar-refractivity contribution is 14.1. The van der Waals surface area contributed by atoms with Crippen molar-refractivity contribution in [3.63, 3.8) is 0 Å². The number of halogens is 1. The Morgan fingerprint density at radius 2 is 1.62 bits per heavy atom. The highest BCUT2D eigenvalue weighted by Crippen LogP contribution is 2.22. The van der Waals surface area contributed by atoms with Crippen LogP contribution in [0, 0.1) is 3.57 Å². The highest BCUT2D eigenvalue weighted by Gasteiger charge is 2.04. The van der Waals surface area contributed by atoms with Crippen LogP contribution in [0.15, 0.2) is 24.3 Å². The van der Waals surface area contributed by atoms with E-state index in [1.54, 1.807) is 0 Å². The van der Waals surface area contributed by atoms with Gasteiger partial charge in [0.15, 0.2) is 0 Å². The van der Waals surface area contributed by atoms with E-state index >= 15 is 0 Å². The van der Waals surface area contributed by atoms with Gasteiger partial charge in [-0.1, -0.05) is 58.1 Å². The number of unbranched alkanes of at least 4 members (excludes halogenated alkanes) is 4. The molecule has 0 aromatic heterocycles. The Morgan fingerprint density at radius 1 is 1.00 bits per heavy atom. The largest absolute Gasteiger partial charge is 0.0654 e. The summed E-state index contributed by atoms with van der Waals surface area (Å²) >= 11 is 2.36. The lowest BCUT2D eigenvalue weighted by Gasteiger charge is -2.11. The van der Waals surface area contributed by atoms with Gasteiger partial charge < -0.3 is 0 Å². The summed E-state index contributed by atoms with van der Waals surface area (Å²) in [6.45, 7) is 4.62. The molecule has 0 nitrogen and oxygen atoms in total. The van der Waals surface area contributed by atoms with Gasteiger partial charge in [-0.3, -0.25) is 0 Å². The summed E-state index contributed by atoms with van der Waals surface area (Å²) in [6.07, 6.45) is 8.28. The third kappa shape index (κ3) is 5.33. The average Bonchev–Trinajstić information content (AvgIpc) is 2.29. The molecule has 16 heavy (non-hydrogen) atoms. The van der Waals surface area contributed by atoms with Crippen molar-refractivity contribution >= 4 is 22.6 Å². The first-order valence-electron chi connectivity index (χ1n) is 6.49. The van der Waals surface area contributed by atoms with Crippen molar-refractivity contribution in [2.45, 2.75) is 58.3 Å². The van der Waals surface area contributed by atoms with E-state index < -0.39 is 0 Å². The van der Waals surface area contributed by atoms with Crippen molar-refractivity contribution in [3.8, 4) is 0 Å². The number of hydrogen-bond donors (Lipinski definition) is 0. The van der Waals surface area contributed by atoms with E-state index in [2.05, 4.69) is 60.7 Å². The Hall–Kier alpha value is -0.0500. The fourth-order valence-corrected chi connectivity index (χ4v) is 2.37. The molecule has 0 saturated carbocycles. The Kier molecular flexibility index (Phi) is 7.10. The molecule has 0 fully saturated rings. The van der Waals surface area contributed by atoms with E-state index in [4.69, 9.17) is 0 Å². The Balaban J connectivity index is 2.24. The molecule has 0 heterocycles. The van der Waals surface area contributed by atoms with Gasteiger partial charge in [0.05, 0.1) is 0 Å². The van der Waals surface area contributed by atoms with E-state index in [0.29, 0.717) is 0 Å². The zero-order valence-corrected chi connectivity index (χ0v) is 12.7. The summed E-state index contributed by atoms with van der Waals surface area (Å²) in [6, 6.07) is 8.98. The maximum absolute atomic E-state index is 2.36. The maximum atomic E-state index is 2.36. The van der Waals surface area contributed by atoms with Crippen LogP contribution in [0.2, 0.25) is 0 Å². The summed E-state index contributed by atoms with van der Waals surface area (Å²) in [7, 11) is 0. The Bertz CT molecular complexity index is 276. The molecule has 0 saturated heterocycles. The zero-order chi connectivity index (χ0) is 11.8. The maximum Gasteiger partial charge on any atom is 0.0130 e. The van der Waals surface area contributed by atoms with Crippen LogP contribution in [0.3, 0.4) is 0 Å². The summed E-state index contributed by atoms with van der Waals surface area (Å²) in [4.78, 5) is 0. The first-order valence-corrected chi connectivity index (χ1v) is 7.57. The molecule has 0 amide bonds. The first-order chi connectivity index (χ1) is 7.74. The van der Waals surface area contributed by atoms with Gasteiger partial charge in [0, 0.05) is 3.57 Å². The lowest BCUT2D eigenvalue weighted by atomic mass is 9.95. The van der Waals surface area contributed by atoms with Crippen molar-refractivity contribution in [3.05, 3.63) is 33.4 Å². The van der Waals surface area contributed by atoms with Gasteiger partial charge >= 0.3 is 0 Å². The lowest BCUT2D eigenvalue weighted by Crippen LogP contribution is -1.93. The van der Waals surface area contributed by atoms with Crippen LogP contribution in [-0.2, 0) is 0 Å². The molecule has 1 atom stereocenters. The molecule has 0 bridgehead atoms. The van der Waals surface area contributed by atoms with Gasteiger partial charge in [-0.2, -0.15) is 0 Å². The predicted molar refractivity (Wildman–Crippen MR) is 81.0 cm³/mol. The van der Waals surface area contributed by atoms with Crippen LogP contribution in [0.1, 0.15) is 63.9 Å². The molecule has 1 aromatic rings. The molecular weight excluding hydrogens is 307 g/mol. The fourth-order valence-electron chi connectivity index (χ4n) is 2.01. The number of rotatable bonds is 7. The molecule has 0 N–H and O–H groups in total. The molecule has 90 valence electrons. The predicted octanol–water partition coefficient (Wildman–Crippen LogP) is 5.76. The highest BCUT2D eigenvalue weighted by atomic mass is 127. The van der Waals surface area contributed by atoms with Crippen LogP contribution < -0.4 is 0 Å². The van der Waals surface area contributed by atoms with Gasteiger partial charge in [0.1, 0.15) is 0 Å². The smallest absolute Gasteiger partial charge is 0.0130 e. The minimum atomic E-state index is 0.721. The van der Waals surface area contributed by atoms with Gasteiger partial charge in [0.2, 0.25) is 0 Å². The number of benzene rings is 1. The van der Waals surface area contributed by atoms with E-state index in [0.717, 1.165) is 5.92 Å². The van der Waals surface area contributed by atoms with Gasteiger partial charge in [-0.15, -0.1) is 0 Å². The van der Waals surface area contributed by atoms with Crippen LogP contribution in [0.4, 0.5) is 0 Å². The normalized spacial score (nSPS) is 12.7. The zero-order valence-electron chi connectivity index (χ0n) is 10.5. The third-order valence-corrected chi connectivity index (χ3v) is 3.90. The minimum Gasteiger partial charge on any atom is -0.0654 e. The summed E-state index contributed by atoms with van der Waals surface area (Å²) in [5.41, 5.74) is 1.50. The molecule has 1 heteroatoms. The SMILES string of the molecule is CCCCCCCC(C)c1ccc(I)cc1. The van der Waals surface area contributed by atoms with Crippen LogP contribution in [0.5, 0.6) is 0 Å². The molecule has 1 rings (SSSR count). The van der Waals surface area contributed by atoms with E-state index in [1.807, 2.05) is 0 Å². The van der Waals surface area contributed by atoms with E-state index in [-0.39, 0.29) is 0 Å². The Morgan fingerprint density at radius 3 is 2.25 bits per heavy atom. The fraction of sp³-hybridized carbons (Fsp3) is 0.600. The standard InChI is InChI=1S/C15H23I/c1-3-4-5-6-7-8-13(2)14-9-11-15(16)12-10-14/h9-13H,3-8H2,1-2H3. The van der Waals surface area contributed by atoms with Gasteiger partial charge in [-0.05, 0) is 52.6 Å². The van der Waals surface area contributed by atoms with Crippen molar-refractivity contribution in [1.82, 2.24) is 0 Å². The number of hydrogen-bond acceptors (Lipinski definition) is 0. The molecule has 1 aromatic carbocycles. The van der Waals surface area contributed by atoms with Gasteiger partial charge in [-0.25, -0.2) is 0 Å². The molecular formula is C15H23I. The summed E-state index contributed by atoms with van der Waals surface area (Å²) < 4.78 is 1.33. The van der Waals surface area contributed by atoms with Crippen molar-refractivity contribution in [2.24, 2.45) is 0 Å². The van der Waals surface area contributed by atoms with Crippen molar-refractivity contribution in [1.29, 1.82) is 0 Å². The van der Waals surface area contributed by atoms with E-state index in [1.165, 1.54) is 47.7 Å². The van der Waals surface area contributed by atoms with Crippen molar-refractivity contribution in [2.75, 3.05) is 0 Å². The summed E-state index contributed by atoms with van der Waals surface area (Å²) in [5, 5.41) is 0. The second-order valence-electron chi connectivity index (χ2n) is 4.66. The Labute approximate surface area is 114 Å². The topological polar surface area (TPSA) is 0 Å². The first kappa shape index (κ1) is 14.0. The second kappa shape index (κ2) is 8.10. The second-order valence-corrected chi connectivity index (χ2v) is 5.90. The monoisotopic (exact) mass is 330 g/mol. The minimum absolute atomic E-state index is 0.721. The molecule has 0 aliphatic carbocycles. The summed E-state index contributed by atoms with van der Waals surface area (Å²) in [5.74, 6) is 0.721. The quantitative estimate of drug-likeness (QED) is 0.441. The van der Waals surface area contributed by atoms with Crippen molar-refractivity contribution < 1.29 is 0 Å². The molecule has 1 unspecified atom stereocenters. The lowest BCUT2D eigenvalue weighted by molar-refractivity contribution is 0.567. The molecule has 0 aliphatic rings. The molecule has 0 radical (unpaired) electrons.